The topological polar surface area (TPSA) is 26.0 Å². The van der Waals surface area contributed by atoms with E-state index in [1.165, 1.54) is 6.07 Å². The van der Waals surface area contributed by atoms with E-state index in [4.69, 9.17) is 28.9 Å². The highest BCUT2D eigenvalue weighted by molar-refractivity contribution is 6.36. The van der Waals surface area contributed by atoms with Crippen LogP contribution in [0.3, 0.4) is 0 Å². The minimum atomic E-state index is -0.747. The van der Waals surface area contributed by atoms with Crippen LogP contribution in [0.4, 0.5) is 4.39 Å². The summed E-state index contributed by atoms with van der Waals surface area (Å²) in [6.45, 7) is 3.56. The summed E-state index contributed by atoms with van der Waals surface area (Å²) in [5.74, 6) is -0.260. The van der Waals surface area contributed by atoms with Gasteiger partial charge in [0, 0.05) is 15.6 Å². The van der Waals surface area contributed by atoms with Gasteiger partial charge in [0.15, 0.2) is 0 Å². The number of nitrogens with two attached hydrogens (primary N) is 1. The Labute approximate surface area is 128 Å². The van der Waals surface area contributed by atoms with Crippen molar-refractivity contribution in [3.05, 3.63) is 69.0 Å². The Balaban J connectivity index is 2.37. The molecular weight excluding hydrogens is 296 g/mol. The average Bonchev–Trinajstić information content (AvgIpc) is 2.37. The molecule has 2 aromatic carbocycles. The second-order valence-corrected chi connectivity index (χ2v) is 6.07. The SMILES string of the molecule is Cc1ccc(C(C)(N)Cc2c(Cl)cccc2Cl)cc1F. The zero-order valence-electron chi connectivity index (χ0n) is 11.4. The van der Waals surface area contributed by atoms with Gasteiger partial charge in [-0.15, -0.1) is 0 Å². The smallest absolute Gasteiger partial charge is 0.126 e. The fourth-order valence-corrected chi connectivity index (χ4v) is 2.65. The van der Waals surface area contributed by atoms with Gasteiger partial charge in [-0.2, -0.15) is 0 Å². The third kappa shape index (κ3) is 3.14. The van der Waals surface area contributed by atoms with Crippen molar-refractivity contribution in [1.29, 1.82) is 0 Å². The largest absolute Gasteiger partial charge is 0.321 e. The molecule has 2 N–H and O–H groups in total. The highest BCUT2D eigenvalue weighted by atomic mass is 35.5. The van der Waals surface area contributed by atoms with E-state index in [2.05, 4.69) is 0 Å². The van der Waals surface area contributed by atoms with Crippen molar-refractivity contribution in [1.82, 2.24) is 0 Å². The van der Waals surface area contributed by atoms with Crippen molar-refractivity contribution in [3.63, 3.8) is 0 Å². The number of hydrogen-bond donors (Lipinski definition) is 1. The van der Waals surface area contributed by atoms with Crippen LogP contribution < -0.4 is 5.73 Å². The first-order chi connectivity index (χ1) is 9.31. The molecule has 0 fully saturated rings. The lowest BCUT2D eigenvalue weighted by Gasteiger charge is -2.26. The summed E-state index contributed by atoms with van der Waals surface area (Å²) >= 11 is 12.3. The number of aryl methyl sites for hydroxylation is 1. The van der Waals surface area contributed by atoms with Crippen LogP contribution in [0.25, 0.3) is 0 Å². The maximum atomic E-state index is 13.7. The van der Waals surface area contributed by atoms with Crippen LogP contribution in [-0.2, 0) is 12.0 Å². The molecule has 0 radical (unpaired) electrons. The van der Waals surface area contributed by atoms with Crippen molar-refractivity contribution >= 4 is 23.2 Å². The Hall–Kier alpha value is -1.09. The van der Waals surface area contributed by atoms with Gasteiger partial charge >= 0.3 is 0 Å². The highest BCUT2D eigenvalue weighted by Crippen LogP contribution is 2.31. The summed E-state index contributed by atoms with van der Waals surface area (Å²) in [6, 6.07) is 10.4. The number of benzene rings is 2. The molecule has 2 rings (SSSR count). The molecule has 0 amide bonds. The highest BCUT2D eigenvalue weighted by Gasteiger charge is 2.25. The third-order valence-corrected chi connectivity index (χ3v) is 4.15. The Morgan fingerprint density at radius 3 is 2.30 bits per heavy atom. The van der Waals surface area contributed by atoms with Crippen molar-refractivity contribution in [2.24, 2.45) is 5.73 Å². The molecule has 106 valence electrons. The quantitative estimate of drug-likeness (QED) is 0.861. The molecule has 0 aliphatic heterocycles. The van der Waals surface area contributed by atoms with Crippen molar-refractivity contribution in [2.75, 3.05) is 0 Å². The predicted octanol–water partition coefficient (Wildman–Crippen LogP) is 4.86. The first kappa shape index (κ1) is 15.3. The summed E-state index contributed by atoms with van der Waals surface area (Å²) in [5, 5.41) is 1.14. The number of halogens is 3. The van der Waals surface area contributed by atoms with Crippen LogP contribution in [0, 0.1) is 12.7 Å². The molecule has 1 unspecified atom stereocenters. The van der Waals surface area contributed by atoms with E-state index in [0.717, 1.165) is 11.1 Å². The zero-order valence-corrected chi connectivity index (χ0v) is 12.9. The Morgan fingerprint density at radius 2 is 1.75 bits per heavy atom. The van der Waals surface area contributed by atoms with Gasteiger partial charge in [0.05, 0.1) is 0 Å². The monoisotopic (exact) mass is 311 g/mol. The van der Waals surface area contributed by atoms with Gasteiger partial charge in [0.25, 0.3) is 0 Å². The third-order valence-electron chi connectivity index (χ3n) is 3.44. The molecule has 0 bridgehead atoms. The van der Waals surface area contributed by atoms with Gasteiger partial charge in [-0.05, 0) is 55.2 Å². The molecule has 0 spiro atoms. The van der Waals surface area contributed by atoms with Gasteiger partial charge in [0.1, 0.15) is 5.82 Å². The van der Waals surface area contributed by atoms with E-state index < -0.39 is 5.54 Å². The molecular formula is C16H16Cl2FN. The first-order valence-corrected chi connectivity index (χ1v) is 7.05. The standard InChI is InChI=1S/C16H16Cl2FN/c1-10-6-7-11(8-15(10)19)16(2,20)9-12-13(17)4-3-5-14(12)18/h3-8H,9,20H2,1-2H3. The molecule has 0 aliphatic rings. The average molecular weight is 312 g/mol. The lowest BCUT2D eigenvalue weighted by molar-refractivity contribution is 0.486. The lowest BCUT2D eigenvalue weighted by atomic mass is 9.86. The summed E-state index contributed by atoms with van der Waals surface area (Å²) < 4.78 is 13.7. The van der Waals surface area contributed by atoms with Crippen molar-refractivity contribution in [2.45, 2.75) is 25.8 Å². The summed E-state index contributed by atoms with van der Waals surface area (Å²) in [6.07, 6.45) is 0.438. The number of rotatable bonds is 3. The maximum absolute atomic E-state index is 13.7. The van der Waals surface area contributed by atoms with Crippen LogP contribution in [0.1, 0.15) is 23.6 Å². The van der Waals surface area contributed by atoms with Gasteiger partial charge in [-0.25, -0.2) is 4.39 Å². The van der Waals surface area contributed by atoms with Gasteiger partial charge in [-0.3, -0.25) is 0 Å². The van der Waals surface area contributed by atoms with Crippen LogP contribution in [-0.4, -0.2) is 0 Å². The molecule has 4 heteroatoms. The second-order valence-electron chi connectivity index (χ2n) is 5.26. The fourth-order valence-electron chi connectivity index (χ4n) is 2.12. The van der Waals surface area contributed by atoms with E-state index in [9.17, 15) is 4.39 Å². The van der Waals surface area contributed by atoms with E-state index in [0.29, 0.717) is 22.0 Å². The van der Waals surface area contributed by atoms with Gasteiger partial charge in [0.2, 0.25) is 0 Å². The van der Waals surface area contributed by atoms with Gasteiger partial charge < -0.3 is 5.73 Å². The molecule has 1 atom stereocenters. The van der Waals surface area contributed by atoms with E-state index in [1.807, 2.05) is 13.0 Å². The molecule has 1 nitrogen and oxygen atoms in total. The van der Waals surface area contributed by atoms with E-state index in [1.54, 1.807) is 31.2 Å². The fraction of sp³-hybridized carbons (Fsp3) is 0.250. The Morgan fingerprint density at radius 1 is 1.15 bits per heavy atom. The normalized spacial score (nSPS) is 14.1. The van der Waals surface area contributed by atoms with Crippen LogP contribution in [0.2, 0.25) is 10.0 Å². The molecule has 0 saturated carbocycles. The second kappa shape index (κ2) is 5.72. The van der Waals surface area contributed by atoms with Crippen LogP contribution in [0.5, 0.6) is 0 Å². The number of hydrogen-bond acceptors (Lipinski definition) is 1. The molecule has 0 saturated heterocycles. The van der Waals surface area contributed by atoms with Crippen LogP contribution in [0.15, 0.2) is 36.4 Å². The van der Waals surface area contributed by atoms with E-state index in [-0.39, 0.29) is 5.82 Å². The predicted molar refractivity (Wildman–Crippen MR) is 82.8 cm³/mol. The lowest BCUT2D eigenvalue weighted by Crippen LogP contribution is -2.35. The molecule has 2 aromatic rings. The van der Waals surface area contributed by atoms with Crippen molar-refractivity contribution < 1.29 is 4.39 Å². The summed E-state index contributed by atoms with van der Waals surface area (Å²) in [4.78, 5) is 0. The zero-order chi connectivity index (χ0) is 14.9. The summed E-state index contributed by atoms with van der Waals surface area (Å²) in [5.41, 5.74) is 7.69. The summed E-state index contributed by atoms with van der Waals surface area (Å²) in [7, 11) is 0. The van der Waals surface area contributed by atoms with Crippen LogP contribution >= 0.6 is 23.2 Å². The van der Waals surface area contributed by atoms with Gasteiger partial charge in [-0.1, -0.05) is 41.4 Å². The Bertz CT molecular complexity index is 618. The molecule has 0 aliphatic carbocycles. The molecule has 20 heavy (non-hydrogen) atoms. The minimum absolute atomic E-state index is 0.260. The molecule has 0 heterocycles. The maximum Gasteiger partial charge on any atom is 0.126 e. The first-order valence-electron chi connectivity index (χ1n) is 6.29. The van der Waals surface area contributed by atoms with E-state index >= 15 is 0 Å². The molecule has 0 aromatic heterocycles. The minimum Gasteiger partial charge on any atom is -0.321 e. The Kier molecular flexibility index (Phi) is 4.38. The van der Waals surface area contributed by atoms with Crippen molar-refractivity contribution in [3.8, 4) is 0 Å².